The van der Waals surface area contributed by atoms with Gasteiger partial charge in [-0.25, -0.2) is 31.7 Å². The van der Waals surface area contributed by atoms with Gasteiger partial charge >= 0.3 is 6.09 Å². The Morgan fingerprint density at radius 1 is 1.18 bits per heavy atom. The van der Waals surface area contributed by atoms with Crippen LogP contribution in [0.1, 0.15) is 26.5 Å². The maximum absolute atomic E-state index is 14.5. The van der Waals surface area contributed by atoms with Gasteiger partial charge in [-0.15, -0.1) is 0 Å². The lowest BCUT2D eigenvalue weighted by Gasteiger charge is -2.30. The minimum atomic E-state index is -4.25. The van der Waals surface area contributed by atoms with E-state index in [1.807, 2.05) is 20.8 Å². The molecule has 2 aromatic heterocycles. The highest BCUT2D eigenvalue weighted by Crippen LogP contribution is 2.27. The highest BCUT2D eigenvalue weighted by Gasteiger charge is 2.28. The number of carbonyl (C=O) groups is 1. The maximum atomic E-state index is 14.5. The number of carbonyl (C=O) groups excluding carboxylic acids is 1. The topological polar surface area (TPSA) is 94.4 Å². The van der Waals surface area contributed by atoms with Crippen molar-refractivity contribution in [1.82, 2.24) is 19.7 Å². The van der Waals surface area contributed by atoms with E-state index in [0.29, 0.717) is 6.07 Å². The van der Waals surface area contributed by atoms with Gasteiger partial charge in [0.15, 0.2) is 10.8 Å². The standard InChI is InChI=1S/C21H21ClF2N4O4S/c1-21(2,3)27(4)20(29)32-12-14-10-19(33(30,31)15-6-8-18(22)25-11-15)28(26-14)17-7-5-13(23)9-16(17)24/h5-11H,12H2,1-4H3. The Hall–Kier alpha value is -3.05. The number of benzene rings is 1. The van der Waals surface area contributed by atoms with Gasteiger partial charge in [0.25, 0.3) is 0 Å². The van der Waals surface area contributed by atoms with Gasteiger partial charge in [-0.3, -0.25) is 0 Å². The smallest absolute Gasteiger partial charge is 0.410 e. The van der Waals surface area contributed by atoms with Gasteiger partial charge in [-0.05, 0) is 45.0 Å². The number of nitrogens with zero attached hydrogens (tertiary/aromatic N) is 4. The predicted octanol–water partition coefficient (Wildman–Crippen LogP) is 4.40. The number of ether oxygens (including phenoxy) is 1. The first-order valence-corrected chi connectivity index (χ1v) is 11.5. The summed E-state index contributed by atoms with van der Waals surface area (Å²) in [5.41, 5.74) is -0.778. The van der Waals surface area contributed by atoms with Gasteiger partial charge in [0.1, 0.15) is 29.0 Å². The molecule has 0 unspecified atom stereocenters. The number of rotatable bonds is 5. The van der Waals surface area contributed by atoms with E-state index in [1.54, 1.807) is 7.05 Å². The molecule has 0 aliphatic rings. The zero-order chi connectivity index (χ0) is 24.6. The average molecular weight is 499 g/mol. The highest BCUT2D eigenvalue weighted by atomic mass is 35.5. The fourth-order valence-corrected chi connectivity index (χ4v) is 4.10. The number of hydrogen-bond acceptors (Lipinski definition) is 6. The van der Waals surface area contributed by atoms with Crippen LogP contribution in [0.25, 0.3) is 5.69 Å². The van der Waals surface area contributed by atoms with Crippen molar-refractivity contribution in [3.8, 4) is 5.69 Å². The summed E-state index contributed by atoms with van der Waals surface area (Å²) >= 11 is 5.74. The molecule has 1 aromatic carbocycles. The van der Waals surface area contributed by atoms with Crippen molar-refractivity contribution in [1.29, 1.82) is 0 Å². The molecule has 0 atom stereocenters. The molecule has 176 valence electrons. The Labute approximate surface area is 194 Å². The number of sulfone groups is 1. The molecule has 0 fully saturated rings. The Morgan fingerprint density at radius 2 is 1.88 bits per heavy atom. The molecule has 0 aliphatic heterocycles. The largest absolute Gasteiger partial charge is 0.443 e. The van der Waals surface area contributed by atoms with Crippen LogP contribution in [0.3, 0.4) is 0 Å². The number of hydrogen-bond donors (Lipinski definition) is 0. The molecule has 0 aliphatic carbocycles. The SMILES string of the molecule is CN(C(=O)OCc1cc(S(=O)(=O)c2ccc(Cl)nc2)n(-c2ccc(F)cc2F)n1)C(C)(C)C. The van der Waals surface area contributed by atoms with Crippen molar-refractivity contribution in [2.24, 2.45) is 0 Å². The van der Waals surface area contributed by atoms with Gasteiger partial charge in [-0.2, -0.15) is 5.10 Å². The van der Waals surface area contributed by atoms with E-state index in [4.69, 9.17) is 16.3 Å². The molecule has 0 radical (unpaired) electrons. The van der Waals surface area contributed by atoms with E-state index in [2.05, 4.69) is 10.1 Å². The van der Waals surface area contributed by atoms with Crippen molar-refractivity contribution in [2.45, 2.75) is 42.8 Å². The van der Waals surface area contributed by atoms with E-state index >= 15 is 0 Å². The van der Waals surface area contributed by atoms with Gasteiger partial charge in [0, 0.05) is 30.9 Å². The van der Waals surface area contributed by atoms with Gasteiger partial charge < -0.3 is 9.64 Å². The van der Waals surface area contributed by atoms with Crippen LogP contribution in [0.2, 0.25) is 5.15 Å². The van der Waals surface area contributed by atoms with E-state index in [-0.39, 0.29) is 28.0 Å². The molecule has 0 saturated carbocycles. The summed E-state index contributed by atoms with van der Waals surface area (Å²) < 4.78 is 60.5. The lowest BCUT2D eigenvalue weighted by molar-refractivity contribution is 0.0749. The zero-order valence-electron chi connectivity index (χ0n) is 18.2. The maximum Gasteiger partial charge on any atom is 0.410 e. The summed E-state index contributed by atoms with van der Waals surface area (Å²) in [5, 5.41) is 3.77. The summed E-state index contributed by atoms with van der Waals surface area (Å²) in [4.78, 5) is 17.2. The summed E-state index contributed by atoms with van der Waals surface area (Å²) in [6, 6.07) is 6.31. The molecule has 0 bridgehead atoms. The number of amides is 1. The second-order valence-electron chi connectivity index (χ2n) is 8.09. The minimum absolute atomic E-state index is 0.0369. The van der Waals surface area contributed by atoms with Crippen molar-refractivity contribution in [3.05, 3.63) is 65.1 Å². The van der Waals surface area contributed by atoms with Crippen molar-refractivity contribution in [3.63, 3.8) is 0 Å². The van der Waals surface area contributed by atoms with E-state index in [1.165, 1.54) is 17.0 Å². The van der Waals surface area contributed by atoms with Crippen LogP contribution in [-0.4, -0.2) is 46.8 Å². The molecule has 3 aromatic rings. The lowest BCUT2D eigenvalue weighted by Crippen LogP contribution is -2.42. The molecule has 3 rings (SSSR count). The molecular formula is C21H21ClF2N4O4S. The van der Waals surface area contributed by atoms with Crippen LogP contribution < -0.4 is 0 Å². The second-order valence-corrected chi connectivity index (χ2v) is 10.4. The minimum Gasteiger partial charge on any atom is -0.443 e. The van der Waals surface area contributed by atoms with Crippen LogP contribution in [0, 0.1) is 11.6 Å². The highest BCUT2D eigenvalue weighted by molar-refractivity contribution is 7.91. The first-order chi connectivity index (χ1) is 15.3. The molecule has 2 heterocycles. The Balaban J connectivity index is 2.05. The number of aromatic nitrogens is 3. The zero-order valence-corrected chi connectivity index (χ0v) is 19.8. The second kappa shape index (κ2) is 9.06. The quantitative estimate of drug-likeness (QED) is 0.484. The predicted molar refractivity (Wildman–Crippen MR) is 116 cm³/mol. The fraction of sp³-hybridized carbons (Fsp3) is 0.286. The third-order valence-electron chi connectivity index (χ3n) is 4.77. The Bertz CT molecular complexity index is 1290. The Morgan fingerprint density at radius 3 is 2.45 bits per heavy atom. The van der Waals surface area contributed by atoms with Crippen LogP contribution >= 0.6 is 11.6 Å². The first-order valence-electron chi connectivity index (χ1n) is 9.62. The van der Waals surface area contributed by atoms with Crippen LogP contribution in [0.15, 0.2) is 52.5 Å². The van der Waals surface area contributed by atoms with E-state index in [0.717, 1.165) is 29.1 Å². The lowest BCUT2D eigenvalue weighted by atomic mass is 10.1. The third-order valence-corrected chi connectivity index (χ3v) is 6.70. The fourth-order valence-electron chi connectivity index (χ4n) is 2.65. The normalized spacial score (nSPS) is 12.0. The number of pyridine rings is 1. The van der Waals surface area contributed by atoms with Crippen LogP contribution in [0.5, 0.6) is 0 Å². The molecule has 12 heteroatoms. The Kier molecular flexibility index (Phi) is 6.75. The molecule has 0 saturated heterocycles. The van der Waals surface area contributed by atoms with Crippen LogP contribution in [0.4, 0.5) is 13.6 Å². The molecule has 1 amide bonds. The van der Waals surface area contributed by atoms with Crippen LogP contribution in [-0.2, 0) is 21.2 Å². The van der Waals surface area contributed by atoms with E-state index in [9.17, 15) is 22.0 Å². The summed E-state index contributed by atoms with van der Waals surface area (Å²) in [7, 11) is -2.70. The van der Waals surface area contributed by atoms with E-state index < -0.39 is 38.1 Å². The first kappa shape index (κ1) is 24.6. The van der Waals surface area contributed by atoms with Crippen molar-refractivity contribution in [2.75, 3.05) is 7.05 Å². The molecule has 0 spiro atoms. The monoisotopic (exact) mass is 498 g/mol. The van der Waals surface area contributed by atoms with Gasteiger partial charge in [0.05, 0.1) is 4.90 Å². The summed E-state index contributed by atoms with van der Waals surface area (Å²) in [6.45, 7) is 5.05. The summed E-state index contributed by atoms with van der Waals surface area (Å²) in [6.07, 6.45) is 0.393. The summed E-state index contributed by atoms with van der Waals surface area (Å²) in [5.74, 6) is -1.87. The third kappa shape index (κ3) is 5.31. The molecule has 8 nitrogen and oxygen atoms in total. The van der Waals surface area contributed by atoms with Gasteiger partial charge in [0.2, 0.25) is 9.84 Å². The average Bonchev–Trinajstić information content (AvgIpc) is 3.16. The molecule has 0 N–H and O–H groups in total. The molecular weight excluding hydrogens is 478 g/mol. The van der Waals surface area contributed by atoms with Gasteiger partial charge in [-0.1, -0.05) is 11.6 Å². The number of halogens is 3. The van der Waals surface area contributed by atoms with Crippen molar-refractivity contribution < 1.29 is 26.7 Å². The molecule has 33 heavy (non-hydrogen) atoms. The van der Waals surface area contributed by atoms with Crippen molar-refractivity contribution >= 4 is 27.5 Å².